The fraction of sp³-hybridized carbons (Fsp3) is 0.200. The highest BCUT2D eigenvalue weighted by Crippen LogP contribution is 2.28. The third-order valence-electron chi connectivity index (χ3n) is 7.02. The monoisotopic (exact) mass is 594 g/mol. The summed E-state index contributed by atoms with van der Waals surface area (Å²) >= 11 is 5.77. The van der Waals surface area contributed by atoms with Gasteiger partial charge in [0.15, 0.2) is 5.82 Å². The van der Waals surface area contributed by atoms with Crippen LogP contribution in [0, 0.1) is 17.5 Å². The van der Waals surface area contributed by atoms with Gasteiger partial charge >= 0.3 is 12.0 Å². The maximum Gasteiger partial charge on any atom is 0.335 e. The molecule has 2 aromatic heterocycles. The average Bonchev–Trinajstić information content (AvgIpc) is 3.28. The number of nitrogens with zero attached hydrogens (tertiary/aromatic N) is 4. The van der Waals surface area contributed by atoms with Gasteiger partial charge in [-0.05, 0) is 48.4 Å². The summed E-state index contributed by atoms with van der Waals surface area (Å²) in [5.41, 5.74) is 1.80. The molecule has 1 saturated heterocycles. The molecule has 0 saturated carbocycles. The van der Waals surface area contributed by atoms with Crippen molar-refractivity contribution in [3.63, 3.8) is 0 Å². The zero-order valence-corrected chi connectivity index (χ0v) is 22.6. The van der Waals surface area contributed by atoms with Crippen LogP contribution in [0.5, 0.6) is 6.01 Å². The summed E-state index contributed by atoms with van der Waals surface area (Å²) < 4.78 is 57.1. The lowest BCUT2D eigenvalue weighted by Crippen LogP contribution is -2.31. The molecule has 1 N–H and O–H groups in total. The first-order chi connectivity index (χ1) is 20.2. The Labute approximate surface area is 242 Å². The van der Waals surface area contributed by atoms with E-state index < -0.39 is 23.4 Å². The summed E-state index contributed by atoms with van der Waals surface area (Å²) in [6, 6.07) is 12.7. The summed E-state index contributed by atoms with van der Waals surface area (Å²) in [7, 11) is 0. The van der Waals surface area contributed by atoms with Crippen molar-refractivity contribution in [2.45, 2.75) is 32.1 Å². The second-order valence-electron chi connectivity index (χ2n) is 9.79. The second kappa shape index (κ2) is 11.4. The number of aromatic nitrogens is 4. The number of benzene rings is 3. The average molecular weight is 595 g/mol. The van der Waals surface area contributed by atoms with Crippen LogP contribution < -0.4 is 4.74 Å². The Bertz CT molecular complexity index is 1830. The van der Waals surface area contributed by atoms with Crippen molar-refractivity contribution in [3.05, 3.63) is 106 Å². The summed E-state index contributed by atoms with van der Waals surface area (Å²) in [4.78, 5) is 24.0. The van der Waals surface area contributed by atoms with E-state index in [2.05, 4.69) is 15.0 Å². The molecule has 0 amide bonds. The van der Waals surface area contributed by atoms with Crippen molar-refractivity contribution in [1.82, 2.24) is 19.5 Å². The summed E-state index contributed by atoms with van der Waals surface area (Å²) in [6.07, 6.45) is 1.81. The number of imidazole rings is 1. The van der Waals surface area contributed by atoms with Crippen LogP contribution in [0.15, 0.2) is 60.8 Å². The fourth-order valence-electron chi connectivity index (χ4n) is 4.69. The number of carboxylic acid groups (broad SMARTS) is 1. The van der Waals surface area contributed by atoms with Crippen LogP contribution in [-0.4, -0.2) is 43.3 Å². The van der Waals surface area contributed by atoms with Crippen LogP contribution in [-0.2, 0) is 24.3 Å². The van der Waals surface area contributed by atoms with Crippen LogP contribution in [0.25, 0.3) is 22.3 Å². The highest BCUT2D eigenvalue weighted by atomic mass is 35.5. The molecule has 0 radical (unpaired) electrons. The Balaban J connectivity index is 1.26. The van der Waals surface area contributed by atoms with Gasteiger partial charge < -0.3 is 19.1 Å². The van der Waals surface area contributed by atoms with Gasteiger partial charge in [-0.15, -0.1) is 0 Å². The van der Waals surface area contributed by atoms with E-state index in [0.29, 0.717) is 35.6 Å². The lowest BCUT2D eigenvalue weighted by molar-refractivity contribution is -0.0589. The Morgan fingerprint density at radius 3 is 2.52 bits per heavy atom. The molecule has 0 aliphatic carbocycles. The van der Waals surface area contributed by atoms with Crippen molar-refractivity contribution < 1.29 is 32.5 Å². The molecule has 6 rings (SSSR count). The van der Waals surface area contributed by atoms with Crippen molar-refractivity contribution in [3.8, 4) is 17.3 Å². The van der Waals surface area contributed by atoms with Crippen LogP contribution in [0.4, 0.5) is 13.2 Å². The van der Waals surface area contributed by atoms with E-state index in [1.807, 2.05) is 4.57 Å². The summed E-state index contributed by atoms with van der Waals surface area (Å²) in [5, 5.41) is 9.68. The van der Waals surface area contributed by atoms with E-state index in [9.17, 15) is 18.7 Å². The number of carbonyl (C=O) groups is 1. The van der Waals surface area contributed by atoms with E-state index in [4.69, 9.17) is 21.1 Å². The van der Waals surface area contributed by atoms with Crippen molar-refractivity contribution in [2.75, 3.05) is 6.61 Å². The van der Waals surface area contributed by atoms with E-state index in [1.54, 1.807) is 12.1 Å². The van der Waals surface area contributed by atoms with Crippen LogP contribution >= 0.6 is 11.6 Å². The van der Waals surface area contributed by atoms with Crippen molar-refractivity contribution in [2.24, 2.45) is 0 Å². The Hall–Kier alpha value is -4.48. The Morgan fingerprint density at radius 2 is 1.81 bits per heavy atom. The van der Waals surface area contributed by atoms with Gasteiger partial charge in [0.2, 0.25) is 0 Å². The minimum Gasteiger partial charge on any atom is -0.478 e. The van der Waals surface area contributed by atoms with Gasteiger partial charge in [-0.2, -0.15) is 4.98 Å². The number of halogens is 4. The molecule has 1 fully saturated rings. The van der Waals surface area contributed by atoms with E-state index in [-0.39, 0.29) is 52.5 Å². The highest BCUT2D eigenvalue weighted by molar-refractivity contribution is 6.30. The van der Waals surface area contributed by atoms with Gasteiger partial charge in [0.25, 0.3) is 0 Å². The molecule has 3 aromatic carbocycles. The first kappa shape index (κ1) is 27.7. The first-order valence-electron chi connectivity index (χ1n) is 13.0. The van der Waals surface area contributed by atoms with Crippen molar-refractivity contribution in [1.29, 1.82) is 0 Å². The summed E-state index contributed by atoms with van der Waals surface area (Å²) in [6.45, 7) is 0.874. The second-order valence-corrected chi connectivity index (χ2v) is 10.2. The SMILES string of the molecule is O=C(O)c1ccc2nc(Cc3ccc(-c4nc(OCc5ccc(Cl)cc5F)ncc4F)cc3F)n(CC3CCO3)c2c1. The van der Waals surface area contributed by atoms with Gasteiger partial charge in [-0.1, -0.05) is 29.8 Å². The quantitative estimate of drug-likeness (QED) is 0.216. The first-order valence-corrected chi connectivity index (χ1v) is 13.3. The minimum atomic E-state index is -1.06. The molecule has 0 spiro atoms. The molecule has 1 aliphatic heterocycles. The van der Waals surface area contributed by atoms with E-state index >= 15 is 4.39 Å². The van der Waals surface area contributed by atoms with Gasteiger partial charge in [0.05, 0.1) is 35.4 Å². The lowest BCUT2D eigenvalue weighted by atomic mass is 10.1. The molecule has 1 unspecified atom stereocenters. The summed E-state index contributed by atoms with van der Waals surface area (Å²) in [5.74, 6) is -2.49. The fourth-order valence-corrected chi connectivity index (χ4v) is 4.85. The number of hydrogen-bond acceptors (Lipinski definition) is 6. The molecule has 1 aliphatic rings. The number of rotatable bonds is 9. The molecular weight excluding hydrogens is 573 g/mol. The van der Waals surface area contributed by atoms with Gasteiger partial charge in [0.1, 0.15) is 29.8 Å². The van der Waals surface area contributed by atoms with Gasteiger partial charge in [0, 0.05) is 29.2 Å². The number of carboxylic acids is 1. The Kier molecular flexibility index (Phi) is 7.53. The molecule has 1 atom stereocenters. The van der Waals surface area contributed by atoms with Crippen molar-refractivity contribution >= 4 is 28.6 Å². The maximum absolute atomic E-state index is 15.4. The standard InChI is InChI=1S/C30H22ClF3N4O4/c31-20-5-3-19(23(33)12-20)15-42-30-35-13-24(34)28(37-30)17-2-1-16(22(32)9-17)11-27-36-25-6-4-18(29(39)40)10-26(25)38(27)14-21-7-8-41-21/h1-6,9-10,12-13,21H,7-8,11,14-15H2,(H,39,40). The maximum atomic E-state index is 15.4. The van der Waals surface area contributed by atoms with Crippen LogP contribution in [0.3, 0.4) is 0 Å². The van der Waals surface area contributed by atoms with Gasteiger partial charge in [-0.3, -0.25) is 0 Å². The molecule has 8 nitrogen and oxygen atoms in total. The number of fused-ring (bicyclic) bond motifs is 1. The smallest absolute Gasteiger partial charge is 0.335 e. The van der Waals surface area contributed by atoms with Crippen LogP contribution in [0.1, 0.15) is 33.7 Å². The molecule has 5 aromatic rings. The molecule has 42 heavy (non-hydrogen) atoms. The third kappa shape index (κ3) is 5.65. The topological polar surface area (TPSA) is 99.4 Å². The zero-order valence-electron chi connectivity index (χ0n) is 21.9. The number of hydrogen-bond donors (Lipinski definition) is 1. The molecule has 214 valence electrons. The van der Waals surface area contributed by atoms with E-state index in [0.717, 1.165) is 24.8 Å². The largest absolute Gasteiger partial charge is 0.478 e. The zero-order chi connectivity index (χ0) is 29.4. The minimum absolute atomic E-state index is 0.0461. The van der Waals surface area contributed by atoms with E-state index in [1.165, 1.54) is 30.3 Å². The van der Waals surface area contributed by atoms with Crippen LogP contribution in [0.2, 0.25) is 5.02 Å². The predicted octanol–water partition coefficient (Wildman–Crippen LogP) is 6.22. The number of aromatic carboxylic acids is 1. The lowest BCUT2D eigenvalue weighted by Gasteiger charge is -2.27. The Morgan fingerprint density at radius 1 is 1.02 bits per heavy atom. The highest BCUT2D eigenvalue weighted by Gasteiger charge is 2.23. The normalized spacial score (nSPS) is 14.6. The molecular formula is C30H22ClF3N4O4. The number of ether oxygens (including phenoxy) is 2. The molecule has 0 bridgehead atoms. The molecule has 3 heterocycles. The molecule has 12 heteroatoms. The van der Waals surface area contributed by atoms with Gasteiger partial charge in [-0.25, -0.2) is 27.9 Å². The predicted molar refractivity (Wildman–Crippen MR) is 147 cm³/mol. The third-order valence-corrected chi connectivity index (χ3v) is 7.26.